The number of rotatable bonds is 3. The fourth-order valence-electron chi connectivity index (χ4n) is 2.90. The van der Waals surface area contributed by atoms with E-state index in [-0.39, 0.29) is 5.91 Å². The Morgan fingerprint density at radius 3 is 2.83 bits per heavy atom. The summed E-state index contributed by atoms with van der Waals surface area (Å²) in [7, 11) is 0. The highest BCUT2D eigenvalue weighted by Crippen LogP contribution is 2.43. The van der Waals surface area contributed by atoms with Crippen molar-refractivity contribution in [3.63, 3.8) is 0 Å². The number of fused-ring (bicyclic) bond motifs is 1. The average molecular weight is 331 g/mol. The summed E-state index contributed by atoms with van der Waals surface area (Å²) < 4.78 is 11.9. The van der Waals surface area contributed by atoms with Crippen molar-refractivity contribution in [2.75, 3.05) is 25.0 Å². The second-order valence-corrected chi connectivity index (χ2v) is 6.46. The van der Waals surface area contributed by atoms with Crippen LogP contribution in [0.5, 0.6) is 11.5 Å². The van der Waals surface area contributed by atoms with Gasteiger partial charge in [-0.1, -0.05) is 12.1 Å². The van der Waals surface area contributed by atoms with Crippen LogP contribution < -0.4 is 14.8 Å². The summed E-state index contributed by atoms with van der Waals surface area (Å²) in [6, 6.07) is 7.60. The first-order valence-corrected chi connectivity index (χ1v) is 8.53. The van der Waals surface area contributed by atoms with Crippen LogP contribution in [0.2, 0.25) is 0 Å². The number of nitrogens with zero attached hydrogens (tertiary/aromatic N) is 2. The van der Waals surface area contributed by atoms with Gasteiger partial charge in [-0.3, -0.25) is 4.79 Å². The van der Waals surface area contributed by atoms with Gasteiger partial charge >= 0.3 is 0 Å². The highest BCUT2D eigenvalue weighted by atomic mass is 32.1. The van der Waals surface area contributed by atoms with E-state index in [1.165, 1.54) is 11.3 Å². The first kappa shape index (κ1) is 14.3. The predicted molar refractivity (Wildman–Crippen MR) is 87.2 cm³/mol. The van der Waals surface area contributed by atoms with Gasteiger partial charge in [0.1, 0.15) is 5.69 Å². The first-order chi connectivity index (χ1) is 11.2. The van der Waals surface area contributed by atoms with Crippen LogP contribution >= 0.6 is 11.3 Å². The fraction of sp³-hybridized carbons (Fsp3) is 0.375. The van der Waals surface area contributed by atoms with Gasteiger partial charge in [-0.2, -0.15) is 0 Å². The van der Waals surface area contributed by atoms with Crippen molar-refractivity contribution >= 4 is 22.4 Å². The van der Waals surface area contributed by atoms with Crippen molar-refractivity contribution in [1.29, 1.82) is 0 Å². The van der Waals surface area contributed by atoms with Crippen molar-refractivity contribution in [3.05, 3.63) is 35.3 Å². The SMILES string of the molecule is CCNc1nc(C(=O)N2CCC3(C2)Oc2ccccc2O3)cs1. The van der Waals surface area contributed by atoms with Gasteiger partial charge in [-0.15, -0.1) is 11.3 Å². The summed E-state index contributed by atoms with van der Waals surface area (Å²) in [6.07, 6.45) is 0.650. The van der Waals surface area contributed by atoms with Gasteiger partial charge in [0.05, 0.1) is 6.54 Å². The van der Waals surface area contributed by atoms with Crippen LogP contribution in [0.15, 0.2) is 29.6 Å². The number of para-hydroxylation sites is 2. The third-order valence-electron chi connectivity index (χ3n) is 3.97. The van der Waals surface area contributed by atoms with Gasteiger partial charge in [0.25, 0.3) is 11.7 Å². The summed E-state index contributed by atoms with van der Waals surface area (Å²) in [5.41, 5.74) is 0.471. The zero-order chi connectivity index (χ0) is 15.9. The maximum Gasteiger partial charge on any atom is 0.273 e. The van der Waals surface area contributed by atoms with E-state index in [4.69, 9.17) is 9.47 Å². The number of likely N-dealkylation sites (tertiary alicyclic amines) is 1. The normalized spacial score (nSPS) is 17.7. The van der Waals surface area contributed by atoms with Gasteiger partial charge in [-0.25, -0.2) is 4.98 Å². The number of benzene rings is 1. The quantitative estimate of drug-likeness (QED) is 0.936. The van der Waals surface area contributed by atoms with E-state index in [1.54, 1.807) is 10.3 Å². The molecular weight excluding hydrogens is 314 g/mol. The highest BCUT2D eigenvalue weighted by molar-refractivity contribution is 7.13. The lowest BCUT2D eigenvalue weighted by atomic mass is 10.2. The minimum absolute atomic E-state index is 0.0783. The van der Waals surface area contributed by atoms with Crippen molar-refractivity contribution in [3.8, 4) is 11.5 Å². The number of carbonyl (C=O) groups is 1. The lowest BCUT2D eigenvalue weighted by Gasteiger charge is -2.22. The molecule has 1 aromatic carbocycles. The molecule has 2 aliphatic heterocycles. The lowest BCUT2D eigenvalue weighted by Crippen LogP contribution is -2.42. The summed E-state index contributed by atoms with van der Waals surface area (Å²) in [5.74, 6) is 0.653. The molecule has 2 aromatic rings. The van der Waals surface area contributed by atoms with Gasteiger partial charge in [-0.05, 0) is 19.1 Å². The predicted octanol–water partition coefficient (Wildman–Crippen LogP) is 2.59. The molecule has 0 atom stereocenters. The Morgan fingerprint density at radius 1 is 1.39 bits per heavy atom. The number of ether oxygens (including phenoxy) is 2. The number of anilines is 1. The van der Waals surface area contributed by atoms with Crippen LogP contribution in [-0.4, -0.2) is 41.2 Å². The third kappa shape index (κ3) is 2.50. The second-order valence-electron chi connectivity index (χ2n) is 5.61. The van der Waals surface area contributed by atoms with Gasteiger partial charge in [0, 0.05) is 24.9 Å². The maximum absolute atomic E-state index is 12.6. The Kier molecular flexibility index (Phi) is 3.37. The number of hydrogen-bond acceptors (Lipinski definition) is 6. The van der Waals surface area contributed by atoms with Crippen LogP contribution in [0.4, 0.5) is 5.13 Å². The van der Waals surface area contributed by atoms with E-state index in [1.807, 2.05) is 31.2 Å². The molecule has 1 amide bonds. The molecule has 1 saturated heterocycles. The van der Waals surface area contributed by atoms with E-state index in [0.717, 1.165) is 23.2 Å². The van der Waals surface area contributed by atoms with E-state index in [0.29, 0.717) is 25.2 Å². The van der Waals surface area contributed by atoms with E-state index in [9.17, 15) is 4.79 Å². The molecule has 1 N–H and O–H groups in total. The van der Waals surface area contributed by atoms with Crippen LogP contribution in [0, 0.1) is 0 Å². The summed E-state index contributed by atoms with van der Waals surface area (Å²) in [6.45, 7) is 3.79. The zero-order valence-corrected chi connectivity index (χ0v) is 13.6. The Bertz CT molecular complexity index is 721. The van der Waals surface area contributed by atoms with Gasteiger partial charge in [0.2, 0.25) is 0 Å². The average Bonchev–Trinajstić information content (AvgIpc) is 3.25. The molecule has 0 bridgehead atoms. The van der Waals surface area contributed by atoms with Crippen LogP contribution in [0.25, 0.3) is 0 Å². The van der Waals surface area contributed by atoms with Crippen molar-refractivity contribution in [2.24, 2.45) is 0 Å². The standard InChI is InChI=1S/C16H17N3O3S/c1-2-17-15-18-11(9-23-15)14(20)19-8-7-16(10-19)21-12-5-3-4-6-13(12)22-16/h3-6,9H,2,7-8,10H2,1H3,(H,17,18). The minimum Gasteiger partial charge on any atom is -0.447 e. The maximum atomic E-state index is 12.6. The molecule has 4 rings (SSSR count). The smallest absolute Gasteiger partial charge is 0.273 e. The monoisotopic (exact) mass is 331 g/mol. The lowest BCUT2D eigenvalue weighted by molar-refractivity contribution is -0.0657. The Balaban J connectivity index is 1.47. The topological polar surface area (TPSA) is 63.7 Å². The summed E-state index contributed by atoms with van der Waals surface area (Å²) in [4.78, 5) is 18.7. The molecule has 7 heteroatoms. The number of nitrogens with one attached hydrogen (secondary N) is 1. The van der Waals surface area contributed by atoms with Crippen molar-refractivity contribution in [1.82, 2.24) is 9.88 Å². The minimum atomic E-state index is -0.750. The second kappa shape index (κ2) is 5.42. The summed E-state index contributed by atoms with van der Waals surface area (Å²) >= 11 is 1.44. The third-order valence-corrected chi connectivity index (χ3v) is 4.77. The molecule has 0 saturated carbocycles. The van der Waals surface area contributed by atoms with E-state index in [2.05, 4.69) is 10.3 Å². The molecule has 1 aromatic heterocycles. The number of carbonyl (C=O) groups excluding carboxylic acids is 1. The fourth-order valence-corrected chi connectivity index (χ4v) is 3.66. The molecule has 6 nitrogen and oxygen atoms in total. The number of hydrogen-bond donors (Lipinski definition) is 1. The Hall–Kier alpha value is -2.28. The molecule has 23 heavy (non-hydrogen) atoms. The zero-order valence-electron chi connectivity index (χ0n) is 12.7. The molecular formula is C16H17N3O3S. The van der Waals surface area contributed by atoms with Gasteiger partial charge < -0.3 is 19.7 Å². The number of thiazole rings is 1. The summed E-state index contributed by atoms with van der Waals surface area (Å²) in [5, 5.41) is 5.68. The molecule has 0 radical (unpaired) electrons. The largest absolute Gasteiger partial charge is 0.447 e. The molecule has 120 valence electrons. The van der Waals surface area contributed by atoms with Crippen LogP contribution in [0.1, 0.15) is 23.8 Å². The number of amides is 1. The first-order valence-electron chi connectivity index (χ1n) is 7.65. The van der Waals surface area contributed by atoms with Gasteiger partial charge in [0.15, 0.2) is 16.6 Å². The molecule has 1 spiro atoms. The molecule has 3 heterocycles. The Labute approximate surface area is 138 Å². The highest BCUT2D eigenvalue weighted by Gasteiger charge is 2.48. The van der Waals surface area contributed by atoms with E-state index >= 15 is 0 Å². The van der Waals surface area contributed by atoms with Crippen LogP contribution in [0.3, 0.4) is 0 Å². The van der Waals surface area contributed by atoms with E-state index < -0.39 is 5.79 Å². The molecule has 2 aliphatic rings. The Morgan fingerprint density at radius 2 is 2.13 bits per heavy atom. The van der Waals surface area contributed by atoms with Crippen molar-refractivity contribution in [2.45, 2.75) is 19.1 Å². The molecule has 0 aliphatic carbocycles. The molecule has 0 unspecified atom stereocenters. The molecule has 1 fully saturated rings. The van der Waals surface area contributed by atoms with Crippen molar-refractivity contribution < 1.29 is 14.3 Å². The van der Waals surface area contributed by atoms with Crippen LogP contribution in [-0.2, 0) is 0 Å². The number of aromatic nitrogens is 1.